The van der Waals surface area contributed by atoms with Gasteiger partial charge < -0.3 is 19.1 Å². The van der Waals surface area contributed by atoms with E-state index in [1.54, 1.807) is 56.7 Å². The fourth-order valence-corrected chi connectivity index (χ4v) is 4.57. The summed E-state index contributed by atoms with van der Waals surface area (Å²) in [6, 6.07) is 10.9. The van der Waals surface area contributed by atoms with E-state index in [1.165, 1.54) is 0 Å². The molecule has 0 atom stereocenters. The van der Waals surface area contributed by atoms with Crippen LogP contribution >= 0.6 is 22.9 Å². The smallest absolute Gasteiger partial charge is 0.338 e. The van der Waals surface area contributed by atoms with Gasteiger partial charge in [0.2, 0.25) is 0 Å². The molecule has 1 heterocycles. The van der Waals surface area contributed by atoms with Crippen molar-refractivity contribution in [2.45, 2.75) is 27.2 Å². The average Bonchev–Trinajstić information content (AvgIpc) is 3.17. The summed E-state index contributed by atoms with van der Waals surface area (Å²) in [7, 11) is 3.22. The highest BCUT2D eigenvalue weighted by Gasteiger charge is 2.22. The van der Waals surface area contributed by atoms with Crippen LogP contribution in [-0.2, 0) is 4.74 Å². The number of ether oxygens (including phenoxy) is 3. The quantitative estimate of drug-likeness (QED) is 0.329. The molecule has 0 unspecified atom stereocenters. The second-order valence-corrected chi connectivity index (χ2v) is 8.59. The lowest BCUT2D eigenvalue weighted by Crippen LogP contribution is -2.19. The number of esters is 1. The Balaban J connectivity index is 2.08. The number of carbonyl (C=O) groups is 1. The van der Waals surface area contributed by atoms with Gasteiger partial charge in [0.15, 0.2) is 5.13 Å². The molecular weight excluding hydrogens is 448 g/mol. The lowest BCUT2D eigenvalue weighted by Gasteiger charge is -2.24. The Labute approximate surface area is 197 Å². The maximum Gasteiger partial charge on any atom is 0.338 e. The molecule has 0 aliphatic rings. The van der Waals surface area contributed by atoms with Crippen LogP contribution in [0.2, 0.25) is 5.02 Å². The van der Waals surface area contributed by atoms with Crippen LogP contribution in [0.15, 0.2) is 36.4 Å². The van der Waals surface area contributed by atoms with E-state index in [1.807, 2.05) is 19.1 Å². The minimum Gasteiger partial charge on any atom is -0.497 e. The van der Waals surface area contributed by atoms with Gasteiger partial charge in [-0.3, -0.25) is 0 Å². The molecule has 8 heteroatoms. The topological polar surface area (TPSA) is 60.9 Å². The number of benzene rings is 2. The maximum absolute atomic E-state index is 12.3. The zero-order chi connectivity index (χ0) is 23.3. The first kappa shape index (κ1) is 23.9. The number of aryl methyl sites for hydroxylation is 1. The van der Waals surface area contributed by atoms with Crippen LogP contribution in [0.25, 0.3) is 11.3 Å². The molecule has 0 amide bonds. The zero-order valence-electron chi connectivity index (χ0n) is 18.9. The van der Waals surface area contributed by atoms with Crippen molar-refractivity contribution in [3.8, 4) is 22.8 Å². The molecule has 0 aliphatic carbocycles. The number of nitrogens with zero attached hydrogens (tertiary/aromatic N) is 2. The Morgan fingerprint density at radius 2 is 1.91 bits per heavy atom. The van der Waals surface area contributed by atoms with Gasteiger partial charge in [-0.25, -0.2) is 9.78 Å². The normalized spacial score (nSPS) is 10.7. The highest BCUT2D eigenvalue weighted by atomic mass is 35.5. The van der Waals surface area contributed by atoms with E-state index in [0.717, 1.165) is 33.4 Å². The molecule has 1 aromatic heterocycles. The minimum atomic E-state index is -0.367. The number of thiazole rings is 1. The lowest BCUT2D eigenvalue weighted by molar-refractivity contribution is 0.0526. The molecular formula is C24H27ClN2O4S. The number of rotatable bonds is 9. The van der Waals surface area contributed by atoms with Crippen LogP contribution in [-0.4, -0.2) is 38.3 Å². The fraction of sp³-hybridized carbons (Fsp3) is 0.333. The van der Waals surface area contributed by atoms with Crippen LogP contribution < -0.4 is 14.4 Å². The van der Waals surface area contributed by atoms with Crippen molar-refractivity contribution in [1.82, 2.24) is 4.98 Å². The first-order valence-corrected chi connectivity index (χ1v) is 11.6. The Kier molecular flexibility index (Phi) is 7.99. The number of hydrogen-bond acceptors (Lipinski definition) is 7. The van der Waals surface area contributed by atoms with E-state index in [-0.39, 0.29) is 5.97 Å². The van der Waals surface area contributed by atoms with E-state index in [2.05, 4.69) is 11.8 Å². The van der Waals surface area contributed by atoms with E-state index in [4.69, 9.17) is 30.8 Å². The highest BCUT2D eigenvalue weighted by Crippen LogP contribution is 2.41. The SMILES string of the molecule is CCCN(c1nc(-c2ccc(OC)cc2Cl)c(C)s1)c1cc(C(=O)OCC)ccc1OC. The minimum absolute atomic E-state index is 0.316. The summed E-state index contributed by atoms with van der Waals surface area (Å²) in [6.07, 6.45) is 0.879. The Bertz CT molecular complexity index is 1100. The Morgan fingerprint density at radius 3 is 2.53 bits per heavy atom. The van der Waals surface area contributed by atoms with Gasteiger partial charge in [0.25, 0.3) is 0 Å². The molecule has 0 spiro atoms. The van der Waals surface area contributed by atoms with Crippen LogP contribution in [0.4, 0.5) is 10.8 Å². The second kappa shape index (κ2) is 10.7. The summed E-state index contributed by atoms with van der Waals surface area (Å²) in [6.45, 7) is 6.92. The van der Waals surface area contributed by atoms with Gasteiger partial charge in [0.1, 0.15) is 11.5 Å². The van der Waals surface area contributed by atoms with Crippen LogP contribution in [0.1, 0.15) is 35.5 Å². The molecule has 0 N–H and O–H groups in total. The molecule has 0 saturated carbocycles. The van der Waals surface area contributed by atoms with Crippen LogP contribution in [0.3, 0.4) is 0 Å². The van der Waals surface area contributed by atoms with Crippen molar-refractivity contribution in [3.63, 3.8) is 0 Å². The van der Waals surface area contributed by atoms with E-state index < -0.39 is 0 Å². The molecule has 3 aromatic rings. The summed E-state index contributed by atoms with van der Waals surface area (Å²) in [5, 5.41) is 1.37. The number of hydrogen-bond donors (Lipinski definition) is 0. The first-order chi connectivity index (χ1) is 15.4. The van der Waals surface area contributed by atoms with E-state index in [9.17, 15) is 4.79 Å². The van der Waals surface area contributed by atoms with E-state index >= 15 is 0 Å². The molecule has 6 nitrogen and oxygen atoms in total. The standard InChI is InChI=1S/C24H27ClN2O4S/c1-6-12-27(20-13-16(23(28)31-7-2)8-11-21(20)30-5)24-26-22(15(3)32-24)18-10-9-17(29-4)14-19(18)25/h8-11,13-14H,6-7,12H2,1-5H3. The molecule has 0 fully saturated rings. The molecule has 0 aliphatic heterocycles. The van der Waals surface area contributed by atoms with Crippen molar-refractivity contribution < 1.29 is 19.0 Å². The lowest BCUT2D eigenvalue weighted by atomic mass is 10.1. The third kappa shape index (κ3) is 5.00. The number of anilines is 2. The number of halogens is 1. The van der Waals surface area contributed by atoms with Crippen LogP contribution in [0.5, 0.6) is 11.5 Å². The monoisotopic (exact) mass is 474 g/mol. The largest absolute Gasteiger partial charge is 0.497 e. The zero-order valence-corrected chi connectivity index (χ0v) is 20.5. The van der Waals surface area contributed by atoms with Crippen molar-refractivity contribution in [1.29, 1.82) is 0 Å². The highest BCUT2D eigenvalue weighted by molar-refractivity contribution is 7.16. The Hall–Kier alpha value is -2.77. The third-order valence-electron chi connectivity index (χ3n) is 4.88. The van der Waals surface area contributed by atoms with Crippen molar-refractivity contribution in [3.05, 3.63) is 51.9 Å². The molecule has 170 valence electrons. The molecule has 2 aromatic carbocycles. The molecule has 0 saturated heterocycles. The first-order valence-electron chi connectivity index (χ1n) is 10.4. The Morgan fingerprint density at radius 1 is 1.12 bits per heavy atom. The van der Waals surface area contributed by atoms with E-state index in [0.29, 0.717) is 35.2 Å². The number of aromatic nitrogens is 1. The summed E-state index contributed by atoms with van der Waals surface area (Å²) in [5.41, 5.74) is 2.90. The number of carbonyl (C=O) groups excluding carboxylic acids is 1. The summed E-state index contributed by atoms with van der Waals surface area (Å²) < 4.78 is 16.0. The molecule has 0 radical (unpaired) electrons. The van der Waals surface area contributed by atoms with Gasteiger partial charge in [0, 0.05) is 17.0 Å². The van der Waals surface area contributed by atoms with Gasteiger partial charge in [0.05, 0.1) is 42.8 Å². The average molecular weight is 475 g/mol. The predicted octanol–water partition coefficient (Wildman–Crippen LogP) is 6.51. The fourth-order valence-electron chi connectivity index (χ4n) is 3.35. The van der Waals surface area contributed by atoms with Crippen molar-refractivity contribution >= 4 is 39.7 Å². The van der Waals surface area contributed by atoms with Crippen molar-refractivity contribution in [2.75, 3.05) is 32.3 Å². The van der Waals surface area contributed by atoms with Crippen LogP contribution in [0, 0.1) is 6.92 Å². The van der Waals surface area contributed by atoms with Gasteiger partial charge in [-0.15, -0.1) is 11.3 Å². The second-order valence-electron chi connectivity index (χ2n) is 7.01. The summed E-state index contributed by atoms with van der Waals surface area (Å²) >= 11 is 8.08. The summed E-state index contributed by atoms with van der Waals surface area (Å²) in [5.74, 6) is 0.984. The summed E-state index contributed by atoms with van der Waals surface area (Å²) in [4.78, 5) is 20.4. The van der Waals surface area contributed by atoms with Gasteiger partial charge in [-0.1, -0.05) is 18.5 Å². The van der Waals surface area contributed by atoms with Gasteiger partial charge in [-0.05, 0) is 56.7 Å². The predicted molar refractivity (Wildman–Crippen MR) is 130 cm³/mol. The van der Waals surface area contributed by atoms with Crippen molar-refractivity contribution in [2.24, 2.45) is 0 Å². The van der Waals surface area contributed by atoms with Gasteiger partial charge >= 0.3 is 5.97 Å². The molecule has 32 heavy (non-hydrogen) atoms. The molecule has 0 bridgehead atoms. The maximum atomic E-state index is 12.3. The number of methoxy groups -OCH3 is 2. The third-order valence-corrected chi connectivity index (χ3v) is 6.18. The van der Waals surface area contributed by atoms with Gasteiger partial charge in [-0.2, -0.15) is 0 Å². The molecule has 3 rings (SSSR count).